The zero-order valence-electron chi connectivity index (χ0n) is 12.1. The number of rotatable bonds is 4. The van der Waals surface area contributed by atoms with Crippen LogP contribution in [0.15, 0.2) is 46.9 Å². The normalized spacial score (nSPS) is 9.96. The fraction of sp³-hybridized carbons (Fsp3) is 0.0667. The molecule has 24 heavy (non-hydrogen) atoms. The first kappa shape index (κ1) is 18.4. The van der Waals surface area contributed by atoms with Gasteiger partial charge in [0.15, 0.2) is 6.61 Å². The molecule has 2 aromatic rings. The second kappa shape index (κ2) is 8.77. The average molecular weight is 433 g/mol. The van der Waals surface area contributed by atoms with Crippen LogP contribution in [0.3, 0.4) is 0 Å². The Balaban J connectivity index is 1.74. The smallest absolute Gasteiger partial charge is 0.337 e. The van der Waals surface area contributed by atoms with E-state index in [0.717, 1.165) is 4.47 Å². The number of carbonyl (C=O) groups excluding carboxylic acids is 2. The minimum Gasteiger partial charge on any atom is -0.482 e. The maximum Gasteiger partial charge on any atom is 0.337 e. The quantitative estimate of drug-likeness (QED) is 0.639. The second-order valence-corrected chi connectivity index (χ2v) is 6.26. The fourth-order valence-electron chi connectivity index (χ4n) is 1.59. The first-order chi connectivity index (χ1) is 11.4. The van der Waals surface area contributed by atoms with Gasteiger partial charge in [-0.3, -0.25) is 10.2 Å². The highest BCUT2D eigenvalue weighted by molar-refractivity contribution is 9.10. The first-order valence-corrected chi connectivity index (χ1v) is 8.18. The van der Waals surface area contributed by atoms with Crippen LogP contribution in [0.4, 0.5) is 10.5 Å². The number of urea groups is 1. The number of nitrogens with one attached hydrogen (secondary N) is 3. The highest BCUT2D eigenvalue weighted by atomic mass is 79.9. The van der Waals surface area contributed by atoms with Crippen molar-refractivity contribution in [3.05, 3.63) is 57.0 Å². The number of hydrazine groups is 1. The van der Waals surface area contributed by atoms with Crippen LogP contribution in [0.5, 0.6) is 5.75 Å². The molecule has 0 aliphatic carbocycles. The van der Waals surface area contributed by atoms with Gasteiger partial charge in [-0.25, -0.2) is 10.2 Å². The predicted molar refractivity (Wildman–Crippen MR) is 96.4 cm³/mol. The molecule has 0 unspecified atom stereocenters. The highest BCUT2D eigenvalue weighted by Crippen LogP contribution is 2.27. The van der Waals surface area contributed by atoms with Crippen molar-refractivity contribution in [1.29, 1.82) is 0 Å². The Kier molecular flexibility index (Phi) is 6.72. The van der Waals surface area contributed by atoms with Crippen LogP contribution < -0.4 is 20.9 Å². The van der Waals surface area contributed by atoms with Gasteiger partial charge in [-0.15, -0.1) is 0 Å². The van der Waals surface area contributed by atoms with Gasteiger partial charge in [0.1, 0.15) is 5.75 Å². The second-order valence-electron chi connectivity index (χ2n) is 4.50. The Bertz CT molecular complexity index is 741. The van der Waals surface area contributed by atoms with Crippen molar-refractivity contribution < 1.29 is 14.3 Å². The molecule has 0 atom stereocenters. The third kappa shape index (κ3) is 5.92. The summed E-state index contributed by atoms with van der Waals surface area (Å²) in [4.78, 5) is 23.3. The topological polar surface area (TPSA) is 79.5 Å². The number of amides is 3. The van der Waals surface area contributed by atoms with E-state index in [0.29, 0.717) is 21.5 Å². The minimum atomic E-state index is -0.604. The molecule has 0 aliphatic rings. The number of ether oxygens (including phenoxy) is 1. The minimum absolute atomic E-state index is 0.303. The zero-order chi connectivity index (χ0) is 17.5. The van der Waals surface area contributed by atoms with Gasteiger partial charge in [0.25, 0.3) is 5.91 Å². The summed E-state index contributed by atoms with van der Waals surface area (Å²) >= 11 is 15.0. The van der Waals surface area contributed by atoms with Crippen molar-refractivity contribution in [2.75, 3.05) is 11.9 Å². The lowest BCUT2D eigenvalue weighted by Gasteiger charge is -2.10. The summed E-state index contributed by atoms with van der Waals surface area (Å²) in [5.41, 5.74) is 4.94. The number of benzene rings is 2. The van der Waals surface area contributed by atoms with Gasteiger partial charge in [-0.1, -0.05) is 39.1 Å². The van der Waals surface area contributed by atoms with Crippen LogP contribution in [0.1, 0.15) is 0 Å². The molecule has 0 bridgehead atoms. The molecule has 0 aliphatic heterocycles. The van der Waals surface area contributed by atoms with E-state index in [2.05, 4.69) is 32.1 Å². The number of anilines is 1. The molecular weight excluding hydrogens is 421 g/mol. The van der Waals surface area contributed by atoms with E-state index in [1.165, 1.54) is 0 Å². The van der Waals surface area contributed by atoms with Crippen molar-refractivity contribution in [3.8, 4) is 5.75 Å². The fourth-order valence-corrected chi connectivity index (χ4v) is 2.45. The molecule has 3 N–H and O–H groups in total. The molecule has 0 aromatic heterocycles. The number of hydrogen-bond acceptors (Lipinski definition) is 3. The summed E-state index contributed by atoms with van der Waals surface area (Å²) in [6.07, 6.45) is 0. The predicted octanol–water partition coefficient (Wildman–Crippen LogP) is 3.99. The molecule has 0 fully saturated rings. The summed E-state index contributed by atoms with van der Waals surface area (Å²) in [5.74, 6) is -0.180. The molecule has 3 amide bonds. The van der Waals surface area contributed by atoms with Crippen LogP contribution >= 0.6 is 39.1 Å². The van der Waals surface area contributed by atoms with E-state index in [-0.39, 0.29) is 6.61 Å². The Morgan fingerprint density at radius 3 is 2.42 bits per heavy atom. The summed E-state index contributed by atoms with van der Waals surface area (Å²) in [6, 6.07) is 10.9. The Morgan fingerprint density at radius 1 is 1.04 bits per heavy atom. The maximum absolute atomic E-state index is 11.6. The molecule has 2 rings (SSSR count). The van der Waals surface area contributed by atoms with E-state index in [1.807, 2.05) is 0 Å². The summed E-state index contributed by atoms with van der Waals surface area (Å²) in [6.45, 7) is -0.303. The molecule has 0 radical (unpaired) electrons. The van der Waals surface area contributed by atoms with Gasteiger partial charge in [-0.05, 0) is 42.5 Å². The van der Waals surface area contributed by atoms with Crippen molar-refractivity contribution in [2.24, 2.45) is 0 Å². The zero-order valence-corrected chi connectivity index (χ0v) is 15.2. The van der Waals surface area contributed by atoms with Crippen LogP contribution in [0, 0.1) is 0 Å². The average Bonchev–Trinajstić information content (AvgIpc) is 2.54. The van der Waals surface area contributed by atoms with Crippen molar-refractivity contribution in [1.82, 2.24) is 10.9 Å². The number of hydrogen-bond donors (Lipinski definition) is 3. The molecule has 9 heteroatoms. The molecule has 0 saturated heterocycles. The lowest BCUT2D eigenvalue weighted by molar-refractivity contribution is -0.123. The highest BCUT2D eigenvalue weighted by Gasteiger charge is 2.08. The van der Waals surface area contributed by atoms with E-state index in [4.69, 9.17) is 27.9 Å². The van der Waals surface area contributed by atoms with Gasteiger partial charge in [0.2, 0.25) is 0 Å². The monoisotopic (exact) mass is 431 g/mol. The lowest BCUT2D eigenvalue weighted by atomic mass is 10.3. The maximum atomic E-state index is 11.6. The molecule has 0 saturated carbocycles. The van der Waals surface area contributed by atoms with Gasteiger partial charge < -0.3 is 10.1 Å². The largest absolute Gasteiger partial charge is 0.482 e. The summed E-state index contributed by atoms with van der Waals surface area (Å²) in [5, 5.41) is 3.44. The third-order valence-corrected chi connectivity index (χ3v) is 3.71. The lowest BCUT2D eigenvalue weighted by Crippen LogP contribution is -2.45. The molecule has 0 heterocycles. The SMILES string of the molecule is O=C(COc1ccc(Br)cc1Cl)NNC(=O)Nc1ccc(Cl)cc1. The molecular formula is C15H12BrCl2N3O3. The summed E-state index contributed by atoms with van der Waals surface area (Å²) in [7, 11) is 0. The first-order valence-electron chi connectivity index (χ1n) is 6.63. The molecule has 2 aromatic carbocycles. The van der Waals surface area contributed by atoms with E-state index < -0.39 is 11.9 Å². The molecule has 0 spiro atoms. The number of halogens is 3. The molecule has 126 valence electrons. The van der Waals surface area contributed by atoms with E-state index in [9.17, 15) is 9.59 Å². The standard InChI is InChI=1S/C15H12BrCl2N3O3/c16-9-1-6-13(12(18)7-9)24-8-14(22)20-21-15(23)19-11-4-2-10(17)3-5-11/h1-7H,8H2,(H,20,22)(H2,19,21,23). The van der Waals surface area contributed by atoms with Gasteiger partial charge >= 0.3 is 6.03 Å². The van der Waals surface area contributed by atoms with Crippen LogP contribution in [-0.4, -0.2) is 18.5 Å². The Hall–Kier alpha value is -1.96. The van der Waals surface area contributed by atoms with Crippen molar-refractivity contribution in [2.45, 2.75) is 0 Å². The Labute approximate surface area is 156 Å². The number of carbonyl (C=O) groups is 2. The van der Waals surface area contributed by atoms with E-state index in [1.54, 1.807) is 42.5 Å². The van der Waals surface area contributed by atoms with E-state index >= 15 is 0 Å². The van der Waals surface area contributed by atoms with Crippen molar-refractivity contribution >= 4 is 56.8 Å². The van der Waals surface area contributed by atoms with Crippen LogP contribution in [0.2, 0.25) is 10.0 Å². The summed E-state index contributed by atoms with van der Waals surface area (Å²) < 4.78 is 6.06. The van der Waals surface area contributed by atoms with Gasteiger partial charge in [0.05, 0.1) is 5.02 Å². The van der Waals surface area contributed by atoms with Crippen molar-refractivity contribution in [3.63, 3.8) is 0 Å². The van der Waals surface area contributed by atoms with Crippen LogP contribution in [0.25, 0.3) is 0 Å². The van der Waals surface area contributed by atoms with Gasteiger partial charge in [-0.2, -0.15) is 0 Å². The van der Waals surface area contributed by atoms with Gasteiger partial charge in [0, 0.05) is 15.2 Å². The molecule has 6 nitrogen and oxygen atoms in total. The third-order valence-electron chi connectivity index (χ3n) is 2.67. The Morgan fingerprint density at radius 2 is 1.75 bits per heavy atom. The van der Waals surface area contributed by atoms with Crippen LogP contribution in [-0.2, 0) is 4.79 Å².